The molecule has 2 amide bonds. The van der Waals surface area contributed by atoms with Gasteiger partial charge in [-0.2, -0.15) is 0 Å². The maximum atomic E-state index is 11.4. The third kappa shape index (κ3) is 3.52. The molecule has 0 unspecified atom stereocenters. The van der Waals surface area contributed by atoms with Crippen molar-refractivity contribution in [3.05, 3.63) is 0 Å². The average Bonchev–Trinajstić information content (AvgIpc) is 2.92. The number of carboxylic acids is 1. The van der Waals surface area contributed by atoms with E-state index in [1.54, 1.807) is 0 Å². The van der Waals surface area contributed by atoms with Gasteiger partial charge in [-0.1, -0.05) is 0 Å². The van der Waals surface area contributed by atoms with Crippen molar-refractivity contribution in [1.29, 1.82) is 0 Å². The summed E-state index contributed by atoms with van der Waals surface area (Å²) in [5.74, 6) is -2.62. The molecule has 6 nitrogen and oxygen atoms in total. The molecule has 0 bridgehead atoms. The lowest BCUT2D eigenvalue weighted by Gasteiger charge is -2.08. The Balaban J connectivity index is 2.22. The van der Waals surface area contributed by atoms with Gasteiger partial charge in [-0.3, -0.25) is 14.4 Å². The van der Waals surface area contributed by atoms with E-state index >= 15 is 0 Å². The normalized spacial score (nSPS) is 22.7. The Hall–Kier alpha value is -1.59. The van der Waals surface area contributed by atoms with E-state index in [1.165, 1.54) is 0 Å². The lowest BCUT2D eigenvalue weighted by molar-refractivity contribution is -0.140. The Morgan fingerprint density at radius 1 is 1.31 bits per heavy atom. The number of nitrogens with one attached hydrogen (secondary N) is 2. The average molecular weight is 228 g/mol. The standard InChI is InChI=1S/C10H16N2O4/c1-5(2)12-8(13)4-11-9(14)6-3-7(6)10(15)16/h5-7H,3-4H2,1-2H3,(H,11,14)(H,12,13)(H,15,16)/t6-,7+/m1/s1. The number of aliphatic carboxylic acids is 1. The molecule has 1 rings (SSSR count). The van der Waals surface area contributed by atoms with Gasteiger partial charge in [0.1, 0.15) is 0 Å². The van der Waals surface area contributed by atoms with E-state index < -0.39 is 17.8 Å². The molecule has 1 aliphatic rings. The molecule has 0 aliphatic heterocycles. The molecule has 3 N–H and O–H groups in total. The Bertz CT molecular complexity index is 314. The fraction of sp³-hybridized carbons (Fsp3) is 0.700. The molecule has 1 fully saturated rings. The number of amides is 2. The summed E-state index contributed by atoms with van der Waals surface area (Å²) in [6, 6.07) is 0.0251. The van der Waals surface area contributed by atoms with Crippen LogP contribution in [0, 0.1) is 11.8 Å². The first-order valence-corrected chi connectivity index (χ1v) is 5.21. The number of hydrogen-bond acceptors (Lipinski definition) is 3. The Labute approximate surface area is 93.4 Å². The van der Waals surface area contributed by atoms with Gasteiger partial charge in [0, 0.05) is 6.04 Å². The van der Waals surface area contributed by atoms with Crippen molar-refractivity contribution >= 4 is 17.8 Å². The summed E-state index contributed by atoms with van der Waals surface area (Å²) in [7, 11) is 0. The lowest BCUT2D eigenvalue weighted by atomic mass is 10.3. The maximum absolute atomic E-state index is 11.4. The van der Waals surface area contributed by atoms with E-state index in [9.17, 15) is 14.4 Å². The minimum atomic E-state index is -0.952. The molecule has 0 spiro atoms. The van der Waals surface area contributed by atoms with Gasteiger partial charge in [0.2, 0.25) is 11.8 Å². The van der Waals surface area contributed by atoms with Crippen molar-refractivity contribution in [2.24, 2.45) is 11.8 Å². The molecular formula is C10H16N2O4. The summed E-state index contributed by atoms with van der Waals surface area (Å²) in [5, 5.41) is 13.7. The fourth-order valence-corrected chi connectivity index (χ4v) is 1.43. The highest BCUT2D eigenvalue weighted by atomic mass is 16.4. The molecule has 0 aromatic carbocycles. The molecule has 0 aromatic rings. The Morgan fingerprint density at radius 2 is 1.94 bits per heavy atom. The van der Waals surface area contributed by atoms with Crippen LogP contribution in [0.4, 0.5) is 0 Å². The topological polar surface area (TPSA) is 95.5 Å². The van der Waals surface area contributed by atoms with Crippen LogP contribution in [-0.4, -0.2) is 35.5 Å². The van der Waals surface area contributed by atoms with Gasteiger partial charge >= 0.3 is 5.97 Å². The minimum Gasteiger partial charge on any atom is -0.481 e. The molecule has 90 valence electrons. The van der Waals surface area contributed by atoms with Crippen LogP contribution in [0.5, 0.6) is 0 Å². The van der Waals surface area contributed by atoms with Crippen molar-refractivity contribution in [3.63, 3.8) is 0 Å². The second kappa shape index (κ2) is 4.96. The second-order valence-electron chi connectivity index (χ2n) is 4.23. The van der Waals surface area contributed by atoms with E-state index in [0.29, 0.717) is 6.42 Å². The SMILES string of the molecule is CC(C)NC(=O)CNC(=O)[C@@H]1C[C@@H]1C(=O)O. The molecule has 0 aromatic heterocycles. The highest BCUT2D eigenvalue weighted by Crippen LogP contribution is 2.38. The van der Waals surface area contributed by atoms with E-state index in [2.05, 4.69) is 10.6 Å². The van der Waals surface area contributed by atoms with Crippen LogP contribution in [0.25, 0.3) is 0 Å². The van der Waals surface area contributed by atoms with Crippen LogP contribution in [0.1, 0.15) is 20.3 Å². The molecule has 1 saturated carbocycles. The van der Waals surface area contributed by atoms with Crippen molar-refractivity contribution in [2.45, 2.75) is 26.3 Å². The number of hydrogen-bond donors (Lipinski definition) is 3. The number of carbonyl (C=O) groups is 3. The maximum Gasteiger partial charge on any atom is 0.307 e. The van der Waals surface area contributed by atoms with E-state index in [0.717, 1.165) is 0 Å². The van der Waals surface area contributed by atoms with Gasteiger partial charge in [0.05, 0.1) is 18.4 Å². The molecular weight excluding hydrogens is 212 g/mol. The zero-order valence-electron chi connectivity index (χ0n) is 9.32. The quantitative estimate of drug-likeness (QED) is 0.582. The molecule has 0 heterocycles. The predicted octanol–water partition coefficient (Wildman–Crippen LogP) is -0.652. The van der Waals surface area contributed by atoms with Crippen LogP contribution in [0.3, 0.4) is 0 Å². The monoisotopic (exact) mass is 228 g/mol. The van der Waals surface area contributed by atoms with Crippen LogP contribution < -0.4 is 10.6 Å². The predicted molar refractivity (Wildman–Crippen MR) is 55.5 cm³/mol. The summed E-state index contributed by atoms with van der Waals surface area (Å²) >= 11 is 0. The number of carboxylic acid groups (broad SMARTS) is 1. The number of rotatable bonds is 5. The van der Waals surface area contributed by atoms with Crippen molar-refractivity contribution in [3.8, 4) is 0 Å². The summed E-state index contributed by atoms with van der Waals surface area (Å²) in [5.41, 5.74) is 0. The van der Waals surface area contributed by atoms with Gasteiger partial charge in [-0.15, -0.1) is 0 Å². The molecule has 1 aliphatic carbocycles. The molecule has 0 radical (unpaired) electrons. The highest BCUT2D eigenvalue weighted by Gasteiger charge is 2.48. The molecule has 6 heteroatoms. The van der Waals surface area contributed by atoms with E-state index in [4.69, 9.17) is 5.11 Å². The summed E-state index contributed by atoms with van der Waals surface area (Å²) in [6.07, 6.45) is 0.368. The zero-order chi connectivity index (χ0) is 12.3. The first-order chi connectivity index (χ1) is 7.41. The van der Waals surface area contributed by atoms with Crippen molar-refractivity contribution < 1.29 is 19.5 Å². The van der Waals surface area contributed by atoms with Crippen LogP contribution in [0.15, 0.2) is 0 Å². The van der Waals surface area contributed by atoms with Gasteiger partial charge in [-0.05, 0) is 20.3 Å². The third-order valence-corrected chi connectivity index (χ3v) is 2.32. The van der Waals surface area contributed by atoms with E-state index in [1.807, 2.05) is 13.8 Å². The summed E-state index contributed by atoms with van der Waals surface area (Å²) in [6.45, 7) is 3.54. The van der Waals surface area contributed by atoms with Crippen LogP contribution in [-0.2, 0) is 14.4 Å². The van der Waals surface area contributed by atoms with Crippen molar-refractivity contribution in [2.75, 3.05) is 6.54 Å². The largest absolute Gasteiger partial charge is 0.481 e. The van der Waals surface area contributed by atoms with Crippen LogP contribution >= 0.6 is 0 Å². The van der Waals surface area contributed by atoms with Gasteiger partial charge < -0.3 is 15.7 Å². The van der Waals surface area contributed by atoms with Crippen molar-refractivity contribution in [1.82, 2.24) is 10.6 Å². The zero-order valence-corrected chi connectivity index (χ0v) is 9.32. The van der Waals surface area contributed by atoms with Crippen LogP contribution in [0.2, 0.25) is 0 Å². The number of carbonyl (C=O) groups excluding carboxylic acids is 2. The van der Waals surface area contributed by atoms with Gasteiger partial charge in [0.15, 0.2) is 0 Å². The summed E-state index contributed by atoms with van der Waals surface area (Å²) < 4.78 is 0. The highest BCUT2D eigenvalue weighted by molar-refractivity contribution is 5.91. The van der Waals surface area contributed by atoms with Gasteiger partial charge in [0.25, 0.3) is 0 Å². The molecule has 2 atom stereocenters. The third-order valence-electron chi connectivity index (χ3n) is 2.32. The molecule has 16 heavy (non-hydrogen) atoms. The smallest absolute Gasteiger partial charge is 0.307 e. The molecule has 0 saturated heterocycles. The minimum absolute atomic E-state index is 0.0251. The Morgan fingerprint density at radius 3 is 2.38 bits per heavy atom. The Kier molecular flexibility index (Phi) is 3.87. The lowest BCUT2D eigenvalue weighted by Crippen LogP contribution is -2.40. The first kappa shape index (κ1) is 12.5. The first-order valence-electron chi connectivity index (χ1n) is 5.21. The second-order valence-corrected chi connectivity index (χ2v) is 4.23. The summed E-state index contributed by atoms with van der Waals surface area (Å²) in [4.78, 5) is 33.0. The van der Waals surface area contributed by atoms with Gasteiger partial charge in [-0.25, -0.2) is 0 Å². The van der Waals surface area contributed by atoms with E-state index in [-0.39, 0.29) is 24.4 Å². The fourth-order valence-electron chi connectivity index (χ4n) is 1.43.